The third kappa shape index (κ3) is 3.67. The van der Waals surface area contributed by atoms with E-state index in [9.17, 15) is 0 Å². The molecule has 0 aliphatic carbocycles. The van der Waals surface area contributed by atoms with Crippen LogP contribution in [0, 0.1) is 13.8 Å². The van der Waals surface area contributed by atoms with E-state index in [2.05, 4.69) is 44.3 Å². The van der Waals surface area contributed by atoms with Gasteiger partial charge in [-0.05, 0) is 38.0 Å². The summed E-state index contributed by atoms with van der Waals surface area (Å²) >= 11 is 0. The van der Waals surface area contributed by atoms with Crippen LogP contribution in [-0.4, -0.2) is 6.61 Å². The first-order valence-electron chi connectivity index (χ1n) is 6.96. The van der Waals surface area contributed by atoms with Crippen molar-refractivity contribution in [3.05, 3.63) is 47.5 Å². The van der Waals surface area contributed by atoms with Crippen LogP contribution in [0.15, 0.2) is 36.4 Å². The van der Waals surface area contributed by atoms with E-state index in [0.29, 0.717) is 12.3 Å². The van der Waals surface area contributed by atoms with Crippen molar-refractivity contribution >= 4 is 17.1 Å². The Morgan fingerprint density at radius 3 is 2.60 bits per heavy atom. The Labute approximate surface area is 120 Å². The molecule has 0 aliphatic rings. The number of hydrogen-bond acceptors (Lipinski definition) is 3. The quantitative estimate of drug-likeness (QED) is 0.791. The standard InChI is InChI=1S/C17H22N2O/c1-4-7-20-16-10-14(18)9-15(11-16)19-17-6-5-12(2)8-13(17)3/h5-6,8-11,19H,4,7,18H2,1-3H3. The molecule has 0 saturated carbocycles. The fourth-order valence-corrected chi connectivity index (χ4v) is 2.11. The van der Waals surface area contributed by atoms with Gasteiger partial charge in [0, 0.05) is 29.2 Å². The Morgan fingerprint density at radius 2 is 1.90 bits per heavy atom. The number of hydrogen-bond donors (Lipinski definition) is 2. The van der Waals surface area contributed by atoms with E-state index >= 15 is 0 Å². The Balaban J connectivity index is 2.21. The van der Waals surface area contributed by atoms with Crippen LogP contribution in [0.4, 0.5) is 17.1 Å². The third-order valence-electron chi connectivity index (χ3n) is 3.06. The lowest BCUT2D eigenvalue weighted by atomic mass is 10.1. The van der Waals surface area contributed by atoms with Gasteiger partial charge in [0.1, 0.15) is 5.75 Å². The second kappa shape index (κ2) is 6.33. The molecule has 106 valence electrons. The van der Waals surface area contributed by atoms with E-state index in [0.717, 1.165) is 23.5 Å². The smallest absolute Gasteiger partial charge is 0.123 e. The highest BCUT2D eigenvalue weighted by Gasteiger charge is 2.03. The monoisotopic (exact) mass is 270 g/mol. The third-order valence-corrected chi connectivity index (χ3v) is 3.06. The van der Waals surface area contributed by atoms with Gasteiger partial charge in [-0.2, -0.15) is 0 Å². The normalized spacial score (nSPS) is 10.3. The molecule has 0 bridgehead atoms. The molecule has 0 heterocycles. The molecule has 2 aromatic carbocycles. The molecule has 0 radical (unpaired) electrons. The van der Waals surface area contributed by atoms with Gasteiger partial charge < -0.3 is 15.8 Å². The summed E-state index contributed by atoms with van der Waals surface area (Å²) in [4.78, 5) is 0. The molecular formula is C17H22N2O. The minimum Gasteiger partial charge on any atom is -0.493 e. The summed E-state index contributed by atoms with van der Waals surface area (Å²) in [6.45, 7) is 6.97. The molecule has 3 N–H and O–H groups in total. The van der Waals surface area contributed by atoms with Gasteiger partial charge in [0.15, 0.2) is 0 Å². The van der Waals surface area contributed by atoms with Crippen molar-refractivity contribution in [1.82, 2.24) is 0 Å². The molecule has 3 heteroatoms. The summed E-state index contributed by atoms with van der Waals surface area (Å²) in [5.74, 6) is 0.805. The van der Waals surface area contributed by atoms with Gasteiger partial charge in [-0.3, -0.25) is 0 Å². The Kier molecular flexibility index (Phi) is 4.51. The van der Waals surface area contributed by atoms with Gasteiger partial charge in [-0.25, -0.2) is 0 Å². The van der Waals surface area contributed by atoms with E-state index in [1.807, 2.05) is 18.2 Å². The first-order valence-corrected chi connectivity index (χ1v) is 6.96. The van der Waals surface area contributed by atoms with E-state index in [4.69, 9.17) is 10.5 Å². The lowest BCUT2D eigenvalue weighted by molar-refractivity contribution is 0.318. The number of nitrogen functional groups attached to an aromatic ring is 1. The van der Waals surface area contributed by atoms with Crippen molar-refractivity contribution in [3.63, 3.8) is 0 Å². The Morgan fingerprint density at radius 1 is 1.10 bits per heavy atom. The van der Waals surface area contributed by atoms with E-state index in [1.165, 1.54) is 11.1 Å². The predicted molar refractivity (Wildman–Crippen MR) is 85.8 cm³/mol. The number of benzene rings is 2. The molecule has 20 heavy (non-hydrogen) atoms. The zero-order valence-electron chi connectivity index (χ0n) is 12.4. The SMILES string of the molecule is CCCOc1cc(N)cc(Nc2ccc(C)cc2C)c1. The highest BCUT2D eigenvalue weighted by molar-refractivity contribution is 5.68. The summed E-state index contributed by atoms with van der Waals surface area (Å²) in [5.41, 5.74) is 11.1. The molecular weight excluding hydrogens is 248 g/mol. The highest BCUT2D eigenvalue weighted by Crippen LogP contribution is 2.27. The van der Waals surface area contributed by atoms with Gasteiger partial charge in [0.05, 0.1) is 6.61 Å². The summed E-state index contributed by atoms with van der Waals surface area (Å²) in [5, 5.41) is 3.40. The number of aryl methyl sites for hydroxylation is 2. The van der Waals surface area contributed by atoms with Crippen molar-refractivity contribution in [2.75, 3.05) is 17.7 Å². The van der Waals surface area contributed by atoms with Crippen molar-refractivity contribution in [2.24, 2.45) is 0 Å². The van der Waals surface area contributed by atoms with Crippen LogP contribution >= 0.6 is 0 Å². The number of nitrogens with two attached hydrogens (primary N) is 1. The molecule has 2 rings (SSSR count). The zero-order chi connectivity index (χ0) is 14.5. The van der Waals surface area contributed by atoms with Gasteiger partial charge in [0.2, 0.25) is 0 Å². The van der Waals surface area contributed by atoms with Gasteiger partial charge in [0.25, 0.3) is 0 Å². The maximum Gasteiger partial charge on any atom is 0.123 e. The Hall–Kier alpha value is -2.16. The second-order valence-electron chi connectivity index (χ2n) is 5.08. The van der Waals surface area contributed by atoms with E-state index < -0.39 is 0 Å². The number of nitrogens with one attached hydrogen (secondary N) is 1. The second-order valence-corrected chi connectivity index (χ2v) is 5.08. The number of anilines is 3. The molecule has 0 unspecified atom stereocenters. The lowest BCUT2D eigenvalue weighted by Crippen LogP contribution is -1.99. The topological polar surface area (TPSA) is 47.3 Å². The van der Waals surface area contributed by atoms with Crippen molar-refractivity contribution in [1.29, 1.82) is 0 Å². The average Bonchev–Trinajstić information content (AvgIpc) is 2.39. The van der Waals surface area contributed by atoms with E-state index in [-0.39, 0.29) is 0 Å². The minimum absolute atomic E-state index is 0.700. The maximum absolute atomic E-state index is 5.93. The fourth-order valence-electron chi connectivity index (χ4n) is 2.11. The first kappa shape index (κ1) is 14.3. The molecule has 3 nitrogen and oxygen atoms in total. The van der Waals surface area contributed by atoms with Crippen LogP contribution in [0.25, 0.3) is 0 Å². The van der Waals surface area contributed by atoms with Crippen molar-refractivity contribution in [2.45, 2.75) is 27.2 Å². The molecule has 0 saturated heterocycles. The van der Waals surface area contributed by atoms with Crippen LogP contribution < -0.4 is 15.8 Å². The van der Waals surface area contributed by atoms with Crippen LogP contribution in [0.3, 0.4) is 0 Å². The zero-order valence-corrected chi connectivity index (χ0v) is 12.4. The van der Waals surface area contributed by atoms with E-state index in [1.54, 1.807) is 0 Å². The summed E-state index contributed by atoms with van der Waals surface area (Å²) in [6, 6.07) is 12.1. The van der Waals surface area contributed by atoms with Crippen molar-refractivity contribution in [3.8, 4) is 5.75 Å². The molecule has 0 amide bonds. The summed E-state index contributed by atoms with van der Waals surface area (Å²) in [6.07, 6.45) is 0.981. The largest absolute Gasteiger partial charge is 0.493 e. The maximum atomic E-state index is 5.93. The molecule has 0 aliphatic heterocycles. The molecule has 0 aromatic heterocycles. The van der Waals surface area contributed by atoms with Gasteiger partial charge in [-0.15, -0.1) is 0 Å². The van der Waals surface area contributed by atoms with Crippen molar-refractivity contribution < 1.29 is 4.74 Å². The van der Waals surface area contributed by atoms with Gasteiger partial charge in [-0.1, -0.05) is 24.6 Å². The Bertz CT molecular complexity index is 594. The van der Waals surface area contributed by atoms with Crippen LogP contribution in [0.1, 0.15) is 24.5 Å². The molecule has 2 aromatic rings. The summed E-state index contributed by atoms with van der Waals surface area (Å²) in [7, 11) is 0. The summed E-state index contributed by atoms with van der Waals surface area (Å²) < 4.78 is 5.64. The first-order chi connectivity index (χ1) is 9.58. The molecule has 0 fully saturated rings. The number of ether oxygens (including phenoxy) is 1. The van der Waals surface area contributed by atoms with Crippen LogP contribution in [-0.2, 0) is 0 Å². The van der Waals surface area contributed by atoms with Gasteiger partial charge >= 0.3 is 0 Å². The molecule has 0 spiro atoms. The molecule has 0 atom stereocenters. The average molecular weight is 270 g/mol. The predicted octanol–water partition coefficient (Wildman–Crippen LogP) is 4.42. The minimum atomic E-state index is 0.700. The van der Waals surface area contributed by atoms with Crippen LogP contribution in [0.2, 0.25) is 0 Å². The van der Waals surface area contributed by atoms with Crippen LogP contribution in [0.5, 0.6) is 5.75 Å². The lowest BCUT2D eigenvalue weighted by Gasteiger charge is -2.13. The fraction of sp³-hybridized carbons (Fsp3) is 0.294. The number of rotatable bonds is 5. The highest BCUT2D eigenvalue weighted by atomic mass is 16.5.